The molecule has 0 aromatic heterocycles. The van der Waals surface area contributed by atoms with Gasteiger partial charge in [-0.1, -0.05) is 29.3 Å². The van der Waals surface area contributed by atoms with Gasteiger partial charge in [-0.15, -0.1) is 6.58 Å². The Labute approximate surface area is 98.6 Å². The lowest BCUT2D eigenvalue weighted by atomic mass is 10.3. The van der Waals surface area contributed by atoms with E-state index in [4.69, 9.17) is 34.3 Å². The highest BCUT2D eigenvalue weighted by atomic mass is 35.5. The van der Waals surface area contributed by atoms with Crippen molar-refractivity contribution in [3.63, 3.8) is 0 Å². The molecule has 80 valence electrons. The molecule has 0 aliphatic heterocycles. The summed E-state index contributed by atoms with van der Waals surface area (Å²) in [5, 5.41) is 8.31. The third kappa shape index (κ3) is 2.88. The second kappa shape index (κ2) is 5.05. The van der Waals surface area contributed by atoms with Gasteiger partial charge in [0.15, 0.2) is 5.96 Å². The zero-order chi connectivity index (χ0) is 11.4. The first-order chi connectivity index (χ1) is 7.06. The fourth-order valence-corrected chi connectivity index (χ4v) is 1.42. The first-order valence-electron chi connectivity index (χ1n) is 4.23. The van der Waals surface area contributed by atoms with Gasteiger partial charge in [0.05, 0.1) is 10.0 Å². The molecule has 0 aliphatic rings. The molecule has 3 N–H and O–H groups in total. The number of hydrogen-bond acceptors (Lipinski definition) is 1. The standard InChI is InChI=1S/C10H11Cl2N3/c1-2-5-15(10(13)14)7-3-4-8(11)9(12)6-7/h2-4,6H,1,5H2,(H3,13,14). The number of nitrogens with zero attached hydrogens (tertiary/aromatic N) is 1. The average molecular weight is 244 g/mol. The summed E-state index contributed by atoms with van der Waals surface area (Å²) >= 11 is 11.7. The number of guanidine groups is 1. The maximum atomic E-state index is 7.40. The van der Waals surface area contributed by atoms with Crippen molar-refractivity contribution in [1.29, 1.82) is 5.41 Å². The van der Waals surface area contributed by atoms with Gasteiger partial charge in [-0.2, -0.15) is 0 Å². The summed E-state index contributed by atoms with van der Waals surface area (Å²) in [5.74, 6) is -0.0618. The third-order valence-corrected chi connectivity index (χ3v) is 2.56. The topological polar surface area (TPSA) is 53.1 Å². The lowest BCUT2D eigenvalue weighted by Crippen LogP contribution is -2.36. The molecule has 0 saturated heterocycles. The van der Waals surface area contributed by atoms with Gasteiger partial charge >= 0.3 is 0 Å². The van der Waals surface area contributed by atoms with Gasteiger partial charge in [-0.05, 0) is 18.2 Å². The maximum Gasteiger partial charge on any atom is 0.193 e. The summed E-state index contributed by atoms with van der Waals surface area (Å²) in [5.41, 5.74) is 6.15. The molecule has 0 saturated carbocycles. The Kier molecular flexibility index (Phi) is 4.00. The Bertz CT molecular complexity index is 390. The maximum absolute atomic E-state index is 7.40. The Morgan fingerprint density at radius 2 is 2.13 bits per heavy atom. The molecule has 1 aromatic rings. The van der Waals surface area contributed by atoms with Crippen molar-refractivity contribution in [2.75, 3.05) is 11.4 Å². The minimum Gasteiger partial charge on any atom is -0.370 e. The van der Waals surface area contributed by atoms with E-state index in [0.29, 0.717) is 16.6 Å². The number of halogens is 2. The third-order valence-electron chi connectivity index (χ3n) is 1.82. The predicted octanol–water partition coefficient (Wildman–Crippen LogP) is 2.88. The molecule has 15 heavy (non-hydrogen) atoms. The highest BCUT2D eigenvalue weighted by Crippen LogP contribution is 2.26. The lowest BCUT2D eigenvalue weighted by molar-refractivity contribution is 1.10. The van der Waals surface area contributed by atoms with Crippen molar-refractivity contribution in [1.82, 2.24) is 0 Å². The van der Waals surface area contributed by atoms with Gasteiger partial charge in [0.1, 0.15) is 0 Å². The van der Waals surface area contributed by atoms with E-state index in [9.17, 15) is 0 Å². The highest BCUT2D eigenvalue weighted by Gasteiger charge is 2.09. The largest absolute Gasteiger partial charge is 0.370 e. The van der Waals surface area contributed by atoms with Crippen LogP contribution in [-0.2, 0) is 0 Å². The monoisotopic (exact) mass is 243 g/mol. The van der Waals surface area contributed by atoms with E-state index in [1.54, 1.807) is 29.2 Å². The van der Waals surface area contributed by atoms with Gasteiger partial charge in [0.25, 0.3) is 0 Å². The van der Waals surface area contributed by atoms with Crippen LogP contribution in [0.4, 0.5) is 5.69 Å². The van der Waals surface area contributed by atoms with Crippen molar-refractivity contribution in [3.8, 4) is 0 Å². The number of nitrogens with one attached hydrogen (secondary N) is 1. The predicted molar refractivity (Wildman–Crippen MR) is 65.9 cm³/mol. The van der Waals surface area contributed by atoms with Crippen molar-refractivity contribution in [2.24, 2.45) is 5.73 Å². The molecule has 0 aliphatic carbocycles. The van der Waals surface area contributed by atoms with E-state index < -0.39 is 0 Å². The molecule has 0 heterocycles. The minimum absolute atomic E-state index is 0.0618. The van der Waals surface area contributed by atoms with E-state index >= 15 is 0 Å². The van der Waals surface area contributed by atoms with Crippen molar-refractivity contribution < 1.29 is 0 Å². The van der Waals surface area contributed by atoms with Gasteiger partial charge < -0.3 is 10.6 Å². The Hall–Kier alpha value is -1.19. The Morgan fingerprint density at radius 3 is 2.60 bits per heavy atom. The number of rotatable bonds is 3. The van der Waals surface area contributed by atoms with Gasteiger partial charge in [0, 0.05) is 12.2 Å². The number of anilines is 1. The van der Waals surface area contributed by atoms with E-state index in [0.717, 1.165) is 5.69 Å². The molecule has 5 heteroatoms. The molecular weight excluding hydrogens is 233 g/mol. The van der Waals surface area contributed by atoms with E-state index in [1.165, 1.54) is 0 Å². The SMILES string of the molecule is C=CCN(C(=N)N)c1ccc(Cl)c(Cl)c1. The lowest BCUT2D eigenvalue weighted by Gasteiger charge is -2.21. The zero-order valence-electron chi connectivity index (χ0n) is 8.00. The average Bonchev–Trinajstić information content (AvgIpc) is 2.18. The summed E-state index contributed by atoms with van der Waals surface area (Å²) in [6.45, 7) is 4.05. The molecule has 0 radical (unpaired) electrons. The summed E-state index contributed by atoms with van der Waals surface area (Å²) < 4.78 is 0. The second-order valence-corrected chi connectivity index (χ2v) is 3.70. The second-order valence-electron chi connectivity index (χ2n) is 2.88. The number of nitrogens with two attached hydrogens (primary N) is 1. The van der Waals surface area contributed by atoms with Crippen LogP contribution in [0, 0.1) is 5.41 Å². The van der Waals surface area contributed by atoms with E-state index in [-0.39, 0.29) is 5.96 Å². The van der Waals surface area contributed by atoms with E-state index in [2.05, 4.69) is 6.58 Å². The van der Waals surface area contributed by atoms with Crippen LogP contribution >= 0.6 is 23.2 Å². The fraction of sp³-hybridized carbons (Fsp3) is 0.100. The van der Waals surface area contributed by atoms with Crippen molar-refractivity contribution >= 4 is 34.8 Å². The molecular formula is C10H11Cl2N3. The zero-order valence-corrected chi connectivity index (χ0v) is 9.52. The number of benzene rings is 1. The minimum atomic E-state index is -0.0618. The van der Waals surface area contributed by atoms with Crippen LogP contribution in [0.2, 0.25) is 10.0 Å². The van der Waals surface area contributed by atoms with Crippen LogP contribution in [0.3, 0.4) is 0 Å². The van der Waals surface area contributed by atoms with Gasteiger partial charge in [-0.25, -0.2) is 0 Å². The molecule has 1 rings (SSSR count). The first-order valence-corrected chi connectivity index (χ1v) is 4.99. The first kappa shape index (κ1) is 11.9. The van der Waals surface area contributed by atoms with Gasteiger partial charge in [-0.3, -0.25) is 5.41 Å². The highest BCUT2D eigenvalue weighted by molar-refractivity contribution is 6.42. The Morgan fingerprint density at radius 1 is 1.47 bits per heavy atom. The molecule has 1 aromatic carbocycles. The molecule has 0 unspecified atom stereocenters. The van der Waals surface area contributed by atoms with Crippen molar-refractivity contribution in [2.45, 2.75) is 0 Å². The van der Waals surface area contributed by atoms with Crippen LogP contribution in [0.5, 0.6) is 0 Å². The summed E-state index contributed by atoms with van der Waals surface area (Å²) in [4.78, 5) is 1.56. The van der Waals surface area contributed by atoms with Crippen LogP contribution < -0.4 is 10.6 Å². The number of hydrogen-bond donors (Lipinski definition) is 2. The molecule has 0 fully saturated rings. The molecule has 0 spiro atoms. The molecule has 0 amide bonds. The smallest absolute Gasteiger partial charge is 0.193 e. The van der Waals surface area contributed by atoms with Crippen LogP contribution in [0.1, 0.15) is 0 Å². The molecule has 0 atom stereocenters. The molecule has 3 nitrogen and oxygen atoms in total. The Balaban J connectivity index is 3.06. The molecule has 0 bridgehead atoms. The quantitative estimate of drug-likeness (QED) is 0.488. The fourth-order valence-electron chi connectivity index (χ4n) is 1.12. The van der Waals surface area contributed by atoms with Crippen LogP contribution in [0.15, 0.2) is 30.9 Å². The van der Waals surface area contributed by atoms with Gasteiger partial charge in [0.2, 0.25) is 0 Å². The summed E-state index contributed by atoms with van der Waals surface area (Å²) in [7, 11) is 0. The summed E-state index contributed by atoms with van der Waals surface area (Å²) in [6, 6.07) is 5.08. The summed E-state index contributed by atoms with van der Waals surface area (Å²) in [6.07, 6.45) is 1.66. The van der Waals surface area contributed by atoms with Crippen LogP contribution in [0.25, 0.3) is 0 Å². The van der Waals surface area contributed by atoms with Crippen LogP contribution in [-0.4, -0.2) is 12.5 Å². The van der Waals surface area contributed by atoms with E-state index in [1.807, 2.05) is 0 Å². The normalized spacial score (nSPS) is 9.73. The van der Waals surface area contributed by atoms with Crippen molar-refractivity contribution in [3.05, 3.63) is 40.9 Å².